The van der Waals surface area contributed by atoms with Gasteiger partial charge in [0, 0.05) is 50.7 Å². The number of methoxy groups -OCH3 is 1. The van der Waals surface area contributed by atoms with Gasteiger partial charge in [0.25, 0.3) is 0 Å². The van der Waals surface area contributed by atoms with Crippen molar-refractivity contribution in [1.29, 1.82) is 0 Å². The lowest BCUT2D eigenvalue weighted by Gasteiger charge is -2.39. The van der Waals surface area contributed by atoms with Crippen molar-refractivity contribution in [3.63, 3.8) is 0 Å². The average Bonchev–Trinajstić information content (AvgIpc) is 3.03. The van der Waals surface area contributed by atoms with Crippen molar-refractivity contribution in [2.24, 2.45) is 28.6 Å². The van der Waals surface area contributed by atoms with E-state index in [0.29, 0.717) is 38.4 Å². The standard InChI is InChI=1S/C40H70N2O7/c1-13-34(47-12)31(7)30(6)33(44)26-39(8,9)19-14-15-28(4)37-29(5)16-17-35(40(10,11)20-18-32(43)25-36(45)49-37)48-38(46)42-23-21-41(22-24-42)27(2)3/h14-17,19,27,29-35,37,43-44H,13,18,20-26H2,1-12H3/b17-16+,19-14+,28-15+. The molecule has 2 aliphatic heterocycles. The molecule has 0 saturated carbocycles. The third-order valence-electron chi connectivity index (χ3n) is 11.0. The Bertz CT molecular complexity index is 1120. The van der Waals surface area contributed by atoms with E-state index in [9.17, 15) is 19.8 Å². The van der Waals surface area contributed by atoms with E-state index in [1.54, 1.807) is 12.0 Å². The molecule has 2 N–H and O–H groups in total. The zero-order chi connectivity index (χ0) is 37.1. The summed E-state index contributed by atoms with van der Waals surface area (Å²) >= 11 is 0. The molecule has 0 aliphatic carbocycles. The monoisotopic (exact) mass is 691 g/mol. The Morgan fingerprint density at radius 3 is 2.33 bits per heavy atom. The highest BCUT2D eigenvalue weighted by Gasteiger charge is 2.36. The molecule has 8 unspecified atom stereocenters. The Labute approximate surface area is 298 Å². The van der Waals surface area contributed by atoms with Gasteiger partial charge in [-0.05, 0) is 75.4 Å². The topological polar surface area (TPSA) is 109 Å². The molecule has 8 atom stereocenters. The second kappa shape index (κ2) is 19.4. The fourth-order valence-electron chi connectivity index (χ4n) is 7.01. The van der Waals surface area contributed by atoms with Crippen molar-refractivity contribution in [2.75, 3.05) is 33.3 Å². The largest absolute Gasteiger partial charge is 0.457 e. The number of cyclic esters (lactones) is 1. The van der Waals surface area contributed by atoms with Gasteiger partial charge in [-0.3, -0.25) is 9.69 Å². The van der Waals surface area contributed by atoms with E-state index in [4.69, 9.17) is 14.2 Å². The first-order chi connectivity index (χ1) is 22.8. The molecule has 2 heterocycles. The number of aliphatic hydroxyl groups is 2. The summed E-state index contributed by atoms with van der Waals surface area (Å²) in [4.78, 5) is 30.5. The van der Waals surface area contributed by atoms with E-state index < -0.39 is 35.8 Å². The SMILES string of the molecule is CCC(OC)C(C)C(C)C(O)CC(C)(C)/C=C/C=C(\C)C1OC(=O)CC(O)CCC(C)(C)C(OC(=O)N2CCN(C(C)C)CC2)/C=C/C1C. The molecule has 9 heteroatoms. The van der Waals surface area contributed by atoms with Crippen molar-refractivity contribution < 1.29 is 34.0 Å². The summed E-state index contributed by atoms with van der Waals surface area (Å²) in [5, 5.41) is 21.9. The number of rotatable bonds is 12. The molecule has 49 heavy (non-hydrogen) atoms. The van der Waals surface area contributed by atoms with Crippen LogP contribution in [-0.4, -0.2) is 102 Å². The van der Waals surface area contributed by atoms with E-state index in [1.165, 1.54) is 0 Å². The molecule has 0 spiro atoms. The number of allylic oxidation sites excluding steroid dienone is 3. The lowest BCUT2D eigenvalue weighted by atomic mass is 9.77. The minimum Gasteiger partial charge on any atom is -0.457 e. The zero-order valence-electron chi connectivity index (χ0n) is 32.8. The number of hydrogen-bond donors (Lipinski definition) is 2. The third-order valence-corrected chi connectivity index (χ3v) is 11.0. The number of hydrogen-bond acceptors (Lipinski definition) is 8. The second-order valence-electron chi connectivity index (χ2n) is 16.4. The lowest BCUT2D eigenvalue weighted by molar-refractivity contribution is -0.151. The quantitative estimate of drug-likeness (QED) is 0.126. The Balaban J connectivity index is 2.24. The van der Waals surface area contributed by atoms with Gasteiger partial charge >= 0.3 is 12.1 Å². The molecule has 1 amide bonds. The highest BCUT2D eigenvalue weighted by atomic mass is 16.6. The van der Waals surface area contributed by atoms with Gasteiger partial charge in [-0.2, -0.15) is 0 Å². The second-order valence-corrected chi connectivity index (χ2v) is 16.4. The summed E-state index contributed by atoms with van der Waals surface area (Å²) in [6.45, 7) is 25.8. The number of aliphatic hydroxyl groups excluding tert-OH is 2. The number of amides is 1. The van der Waals surface area contributed by atoms with Gasteiger partial charge in [0.1, 0.15) is 12.2 Å². The molecule has 0 bridgehead atoms. The van der Waals surface area contributed by atoms with Crippen LogP contribution in [0.1, 0.15) is 108 Å². The minimum absolute atomic E-state index is 0.0802. The molecule has 0 aromatic heterocycles. The van der Waals surface area contributed by atoms with Crippen molar-refractivity contribution >= 4 is 12.1 Å². The lowest BCUT2D eigenvalue weighted by Crippen LogP contribution is -2.51. The van der Waals surface area contributed by atoms with Gasteiger partial charge in [-0.25, -0.2) is 4.79 Å². The molecule has 0 aromatic carbocycles. The van der Waals surface area contributed by atoms with Crippen LogP contribution in [-0.2, 0) is 19.0 Å². The number of carbonyl (C=O) groups is 2. The fraction of sp³-hybridized carbons (Fsp3) is 0.800. The number of nitrogens with zero attached hydrogens (tertiary/aromatic N) is 2. The van der Waals surface area contributed by atoms with Gasteiger partial charge in [-0.15, -0.1) is 0 Å². The molecule has 2 aliphatic rings. The van der Waals surface area contributed by atoms with Gasteiger partial charge < -0.3 is 29.3 Å². The van der Waals surface area contributed by atoms with Gasteiger partial charge in [0.2, 0.25) is 0 Å². The molecule has 2 rings (SSSR count). The third kappa shape index (κ3) is 13.5. The van der Waals surface area contributed by atoms with Gasteiger partial charge in [0.05, 0.1) is 24.7 Å². The smallest absolute Gasteiger partial charge is 0.410 e. The highest BCUT2D eigenvalue weighted by molar-refractivity contribution is 5.70. The molecule has 0 radical (unpaired) electrons. The van der Waals surface area contributed by atoms with Crippen LogP contribution in [0.2, 0.25) is 0 Å². The van der Waals surface area contributed by atoms with Crippen LogP contribution in [0.5, 0.6) is 0 Å². The summed E-state index contributed by atoms with van der Waals surface area (Å²) in [5.41, 5.74) is 0.112. The molecular weight excluding hydrogens is 620 g/mol. The maximum atomic E-state index is 13.4. The van der Waals surface area contributed by atoms with Crippen LogP contribution in [0, 0.1) is 28.6 Å². The first-order valence-electron chi connectivity index (χ1n) is 18.6. The van der Waals surface area contributed by atoms with Crippen LogP contribution in [0.4, 0.5) is 4.79 Å². The molecule has 9 nitrogen and oxygen atoms in total. The normalized spacial score (nSPS) is 28.3. The van der Waals surface area contributed by atoms with E-state index >= 15 is 0 Å². The minimum atomic E-state index is -0.857. The van der Waals surface area contributed by atoms with Crippen LogP contribution in [0.15, 0.2) is 36.0 Å². The summed E-state index contributed by atoms with van der Waals surface area (Å²) < 4.78 is 17.8. The summed E-state index contributed by atoms with van der Waals surface area (Å²) in [6.07, 6.45) is 9.66. The Morgan fingerprint density at radius 2 is 1.76 bits per heavy atom. The number of carbonyl (C=O) groups excluding carboxylic acids is 2. The van der Waals surface area contributed by atoms with Crippen LogP contribution in [0.25, 0.3) is 0 Å². The van der Waals surface area contributed by atoms with E-state index in [2.05, 4.69) is 59.4 Å². The van der Waals surface area contributed by atoms with Crippen molar-refractivity contribution in [2.45, 2.75) is 145 Å². The van der Waals surface area contributed by atoms with Crippen LogP contribution < -0.4 is 0 Å². The van der Waals surface area contributed by atoms with Crippen molar-refractivity contribution in [1.82, 2.24) is 9.80 Å². The van der Waals surface area contributed by atoms with Gasteiger partial charge in [-0.1, -0.05) is 79.7 Å². The van der Waals surface area contributed by atoms with E-state index in [1.807, 2.05) is 52.0 Å². The molecular formula is C40H70N2O7. The average molecular weight is 691 g/mol. The molecule has 1 saturated heterocycles. The number of ether oxygens (including phenoxy) is 3. The predicted octanol–water partition coefficient (Wildman–Crippen LogP) is 7.17. The van der Waals surface area contributed by atoms with Crippen molar-refractivity contribution in [3.8, 4) is 0 Å². The molecule has 1 fully saturated rings. The Hall–Kier alpha value is -2.20. The van der Waals surface area contributed by atoms with E-state index in [0.717, 1.165) is 25.1 Å². The number of piperazine rings is 1. The van der Waals surface area contributed by atoms with Crippen LogP contribution in [0.3, 0.4) is 0 Å². The summed E-state index contributed by atoms with van der Waals surface area (Å²) in [6, 6.07) is 0.437. The maximum absolute atomic E-state index is 13.4. The van der Waals surface area contributed by atoms with Crippen molar-refractivity contribution in [3.05, 3.63) is 36.0 Å². The Kier molecular flexibility index (Phi) is 17.0. The Morgan fingerprint density at radius 1 is 1.12 bits per heavy atom. The first kappa shape index (κ1) is 43.0. The highest BCUT2D eigenvalue weighted by Crippen LogP contribution is 2.34. The fourth-order valence-corrected chi connectivity index (χ4v) is 7.01. The number of esters is 1. The van der Waals surface area contributed by atoms with Gasteiger partial charge in [0.15, 0.2) is 0 Å². The first-order valence-corrected chi connectivity index (χ1v) is 18.6. The summed E-state index contributed by atoms with van der Waals surface area (Å²) in [7, 11) is 1.73. The summed E-state index contributed by atoms with van der Waals surface area (Å²) in [5.74, 6) is -0.354. The zero-order valence-corrected chi connectivity index (χ0v) is 32.8. The maximum Gasteiger partial charge on any atom is 0.410 e. The van der Waals surface area contributed by atoms with E-state index in [-0.39, 0.29) is 41.8 Å². The predicted molar refractivity (Wildman–Crippen MR) is 197 cm³/mol. The van der Waals surface area contributed by atoms with Crippen LogP contribution >= 0.6 is 0 Å². The molecule has 282 valence electrons. The molecule has 0 aromatic rings.